The van der Waals surface area contributed by atoms with Crippen LogP contribution >= 0.6 is 0 Å². The van der Waals surface area contributed by atoms with Gasteiger partial charge in [0, 0.05) is 19.3 Å². The molecule has 1 N–H and O–H groups in total. The molecule has 0 spiro atoms. The molecule has 2 heterocycles. The summed E-state index contributed by atoms with van der Waals surface area (Å²) in [6.45, 7) is 3.02. The second-order valence-corrected chi connectivity index (χ2v) is 9.40. The van der Waals surface area contributed by atoms with Crippen molar-refractivity contribution in [2.75, 3.05) is 33.4 Å². The molecule has 2 fully saturated rings. The van der Waals surface area contributed by atoms with Crippen LogP contribution in [0.15, 0.2) is 48.5 Å². The molecule has 33 heavy (non-hydrogen) atoms. The number of piperidine rings is 1. The first-order valence-electron chi connectivity index (χ1n) is 11.6. The van der Waals surface area contributed by atoms with Gasteiger partial charge in [0.05, 0.1) is 11.0 Å². The summed E-state index contributed by atoms with van der Waals surface area (Å²) in [7, 11) is 2.09. The van der Waals surface area contributed by atoms with Gasteiger partial charge in [0.25, 0.3) is 0 Å². The van der Waals surface area contributed by atoms with Crippen LogP contribution in [0.2, 0.25) is 0 Å². The quantitative estimate of drug-likeness (QED) is 0.689. The highest BCUT2D eigenvalue weighted by Crippen LogP contribution is 2.37. The summed E-state index contributed by atoms with van der Waals surface area (Å²) in [4.78, 5) is 15.7. The van der Waals surface area contributed by atoms with Gasteiger partial charge in [-0.3, -0.25) is 4.79 Å². The molecular formula is C26H31F3N2O2. The number of carbonyl (C=O) groups excluding carboxylic acids is 1. The zero-order chi connectivity index (χ0) is 23.5. The number of rotatable bonds is 5. The molecule has 0 bridgehead atoms. The highest BCUT2D eigenvalue weighted by molar-refractivity contribution is 5.83. The molecule has 1 amide bonds. The average molecular weight is 461 g/mol. The smallest absolute Gasteiger partial charge is 0.381 e. The molecule has 0 aromatic heterocycles. The van der Waals surface area contributed by atoms with Gasteiger partial charge in [-0.2, -0.15) is 13.2 Å². The summed E-state index contributed by atoms with van der Waals surface area (Å²) in [5.41, 5.74) is 0.961. The van der Waals surface area contributed by atoms with Gasteiger partial charge >= 0.3 is 6.18 Å². The molecule has 2 saturated heterocycles. The molecule has 0 unspecified atom stereocenters. The van der Waals surface area contributed by atoms with Crippen molar-refractivity contribution in [2.45, 2.75) is 44.3 Å². The number of alkyl halides is 3. The van der Waals surface area contributed by atoms with Crippen LogP contribution in [0, 0.1) is 5.41 Å². The van der Waals surface area contributed by atoms with Crippen molar-refractivity contribution in [3.8, 4) is 11.1 Å². The number of nitrogens with one attached hydrogen (secondary N) is 1. The van der Waals surface area contributed by atoms with Gasteiger partial charge in [0.1, 0.15) is 0 Å². The summed E-state index contributed by atoms with van der Waals surface area (Å²) >= 11 is 0. The van der Waals surface area contributed by atoms with Gasteiger partial charge in [-0.25, -0.2) is 0 Å². The number of carbonyl (C=O) groups is 1. The highest BCUT2D eigenvalue weighted by atomic mass is 19.4. The van der Waals surface area contributed by atoms with Gasteiger partial charge < -0.3 is 15.0 Å². The number of likely N-dealkylation sites (tertiary alicyclic amines) is 1. The first kappa shape index (κ1) is 23.8. The van der Waals surface area contributed by atoms with Crippen LogP contribution in [-0.4, -0.2) is 50.2 Å². The number of hydrogen-bond donors (Lipinski definition) is 1. The molecule has 2 aliphatic heterocycles. The zero-order valence-electron chi connectivity index (χ0n) is 19.0. The molecular weight excluding hydrogens is 429 g/mol. The van der Waals surface area contributed by atoms with E-state index in [1.54, 1.807) is 6.07 Å². The van der Waals surface area contributed by atoms with Gasteiger partial charge in [-0.05, 0) is 81.1 Å². The molecule has 2 aliphatic rings. The van der Waals surface area contributed by atoms with E-state index in [9.17, 15) is 18.0 Å². The molecule has 4 nitrogen and oxygen atoms in total. The minimum absolute atomic E-state index is 0.0739. The topological polar surface area (TPSA) is 41.6 Å². The number of benzene rings is 2. The van der Waals surface area contributed by atoms with E-state index in [0.29, 0.717) is 38.0 Å². The van der Waals surface area contributed by atoms with Crippen molar-refractivity contribution in [1.82, 2.24) is 10.2 Å². The Bertz CT molecular complexity index is 962. The number of nitrogens with zero attached hydrogens (tertiary/aromatic N) is 1. The Hall–Kier alpha value is -2.38. The molecule has 0 radical (unpaired) electrons. The first-order chi connectivity index (χ1) is 15.7. The standard InChI is InChI=1S/C26H31F3N2O2/c1-31-12-8-23(9-13-31)30-24(32)25(10-14-33-15-11-25)18-19-4-2-5-20(16-19)21-6-3-7-22(17-21)26(27,28)29/h2-7,16-17,23H,8-15,18H2,1H3,(H,30,32). The molecule has 0 saturated carbocycles. The van der Waals surface area contributed by atoms with E-state index < -0.39 is 17.2 Å². The molecule has 4 rings (SSSR count). The Morgan fingerprint density at radius 1 is 1.06 bits per heavy atom. The second kappa shape index (κ2) is 9.85. The molecule has 2 aromatic carbocycles. The summed E-state index contributed by atoms with van der Waals surface area (Å²) in [5, 5.41) is 3.29. The van der Waals surface area contributed by atoms with Crippen LogP contribution < -0.4 is 5.32 Å². The average Bonchev–Trinajstić information content (AvgIpc) is 2.81. The first-order valence-corrected chi connectivity index (χ1v) is 11.6. The fraction of sp³-hybridized carbons (Fsp3) is 0.500. The Labute approximate surface area is 193 Å². The summed E-state index contributed by atoms with van der Waals surface area (Å²) in [6.07, 6.45) is -0.675. The van der Waals surface area contributed by atoms with Crippen LogP contribution in [0.3, 0.4) is 0 Å². The van der Waals surface area contributed by atoms with E-state index in [1.165, 1.54) is 12.1 Å². The maximum Gasteiger partial charge on any atom is 0.416 e. The normalized spacial score (nSPS) is 19.9. The Kier molecular flexibility index (Phi) is 7.10. The lowest BCUT2D eigenvalue weighted by molar-refractivity contribution is -0.138. The fourth-order valence-corrected chi connectivity index (χ4v) is 4.86. The van der Waals surface area contributed by atoms with Crippen molar-refractivity contribution in [3.05, 3.63) is 59.7 Å². The van der Waals surface area contributed by atoms with E-state index in [1.807, 2.05) is 24.3 Å². The molecule has 2 aromatic rings. The van der Waals surface area contributed by atoms with Crippen LogP contribution in [0.1, 0.15) is 36.8 Å². The van der Waals surface area contributed by atoms with Crippen molar-refractivity contribution in [3.63, 3.8) is 0 Å². The third kappa shape index (κ3) is 5.76. The van der Waals surface area contributed by atoms with Gasteiger partial charge in [-0.1, -0.05) is 36.4 Å². The van der Waals surface area contributed by atoms with Crippen molar-refractivity contribution < 1.29 is 22.7 Å². The third-order valence-electron chi connectivity index (χ3n) is 6.98. The van der Waals surface area contributed by atoms with Crippen molar-refractivity contribution in [2.24, 2.45) is 5.41 Å². The lowest BCUT2D eigenvalue weighted by Crippen LogP contribution is -2.51. The van der Waals surface area contributed by atoms with E-state index >= 15 is 0 Å². The Morgan fingerprint density at radius 2 is 1.70 bits per heavy atom. The Morgan fingerprint density at radius 3 is 2.36 bits per heavy atom. The third-order valence-corrected chi connectivity index (χ3v) is 6.98. The van der Waals surface area contributed by atoms with Crippen LogP contribution in [0.4, 0.5) is 13.2 Å². The predicted molar refractivity (Wildman–Crippen MR) is 122 cm³/mol. The van der Waals surface area contributed by atoms with E-state index in [-0.39, 0.29) is 11.9 Å². The molecule has 7 heteroatoms. The number of hydrogen-bond acceptors (Lipinski definition) is 3. The van der Waals surface area contributed by atoms with Crippen molar-refractivity contribution in [1.29, 1.82) is 0 Å². The zero-order valence-corrected chi connectivity index (χ0v) is 19.0. The molecule has 178 valence electrons. The Balaban J connectivity index is 1.54. The number of ether oxygens (including phenoxy) is 1. The van der Waals surface area contributed by atoms with Gasteiger partial charge in [-0.15, -0.1) is 0 Å². The van der Waals surface area contributed by atoms with E-state index in [2.05, 4.69) is 17.3 Å². The summed E-state index contributed by atoms with van der Waals surface area (Å²) < 4.78 is 45.1. The molecule has 0 atom stereocenters. The molecule has 0 aliphatic carbocycles. The summed E-state index contributed by atoms with van der Waals surface area (Å²) in [6, 6.07) is 13.1. The second-order valence-electron chi connectivity index (χ2n) is 9.40. The van der Waals surface area contributed by atoms with Crippen LogP contribution in [0.25, 0.3) is 11.1 Å². The van der Waals surface area contributed by atoms with Crippen molar-refractivity contribution >= 4 is 5.91 Å². The minimum Gasteiger partial charge on any atom is -0.381 e. The number of amides is 1. The number of halogens is 3. The largest absolute Gasteiger partial charge is 0.416 e. The monoisotopic (exact) mass is 460 g/mol. The maximum absolute atomic E-state index is 13.5. The maximum atomic E-state index is 13.5. The van der Waals surface area contributed by atoms with E-state index in [0.717, 1.165) is 43.1 Å². The van der Waals surface area contributed by atoms with E-state index in [4.69, 9.17) is 4.74 Å². The van der Waals surface area contributed by atoms with Gasteiger partial charge in [0.15, 0.2) is 0 Å². The predicted octanol–water partition coefficient (Wildman–Crippen LogP) is 4.92. The highest BCUT2D eigenvalue weighted by Gasteiger charge is 2.41. The summed E-state index contributed by atoms with van der Waals surface area (Å²) in [5.74, 6) is 0.0739. The fourth-order valence-electron chi connectivity index (χ4n) is 4.86. The minimum atomic E-state index is -4.38. The van der Waals surface area contributed by atoms with Crippen LogP contribution in [-0.2, 0) is 22.1 Å². The lowest BCUT2D eigenvalue weighted by atomic mass is 9.74. The lowest BCUT2D eigenvalue weighted by Gasteiger charge is -2.38. The van der Waals surface area contributed by atoms with Crippen LogP contribution in [0.5, 0.6) is 0 Å². The SMILES string of the molecule is CN1CCC(NC(=O)C2(Cc3cccc(-c4cccc(C(F)(F)F)c4)c3)CCOCC2)CC1. The van der Waals surface area contributed by atoms with Gasteiger partial charge in [0.2, 0.25) is 5.91 Å².